The van der Waals surface area contributed by atoms with Gasteiger partial charge < -0.3 is 0 Å². The SMILES string of the molecule is CSc1cc(CC(C)(C)C)c2ccc(C(F)(F)F)cc2n1. The van der Waals surface area contributed by atoms with Crippen LogP contribution >= 0.6 is 11.8 Å². The molecule has 0 atom stereocenters. The predicted octanol–water partition coefficient (Wildman–Crippen LogP) is 5.56. The zero-order valence-corrected chi connectivity index (χ0v) is 13.3. The largest absolute Gasteiger partial charge is 0.416 e. The molecule has 114 valence electrons. The van der Waals surface area contributed by atoms with Gasteiger partial charge in [0.25, 0.3) is 0 Å². The van der Waals surface area contributed by atoms with Crippen molar-refractivity contribution in [1.82, 2.24) is 4.98 Å². The third-order valence-corrected chi connectivity index (χ3v) is 3.76. The minimum Gasteiger partial charge on any atom is -0.241 e. The lowest BCUT2D eigenvalue weighted by Gasteiger charge is -2.20. The van der Waals surface area contributed by atoms with Gasteiger partial charge in [-0.3, -0.25) is 0 Å². The second kappa shape index (κ2) is 5.52. The zero-order chi connectivity index (χ0) is 15.8. The molecule has 0 aliphatic rings. The van der Waals surface area contributed by atoms with E-state index < -0.39 is 11.7 Å². The van der Waals surface area contributed by atoms with Crippen molar-refractivity contribution in [2.45, 2.75) is 38.4 Å². The van der Waals surface area contributed by atoms with E-state index in [1.165, 1.54) is 17.8 Å². The highest BCUT2D eigenvalue weighted by molar-refractivity contribution is 7.98. The van der Waals surface area contributed by atoms with Crippen LogP contribution in [0, 0.1) is 5.41 Å². The molecule has 1 aromatic carbocycles. The van der Waals surface area contributed by atoms with E-state index >= 15 is 0 Å². The van der Waals surface area contributed by atoms with Gasteiger partial charge in [-0.25, -0.2) is 4.98 Å². The molecule has 0 fully saturated rings. The van der Waals surface area contributed by atoms with Crippen LogP contribution in [0.4, 0.5) is 13.2 Å². The van der Waals surface area contributed by atoms with Crippen LogP contribution in [0.25, 0.3) is 10.9 Å². The topological polar surface area (TPSA) is 12.9 Å². The van der Waals surface area contributed by atoms with Crippen LogP contribution in [-0.4, -0.2) is 11.2 Å². The van der Waals surface area contributed by atoms with Crippen molar-refractivity contribution in [1.29, 1.82) is 0 Å². The second-order valence-corrected chi connectivity index (χ2v) is 7.12. The summed E-state index contributed by atoms with van der Waals surface area (Å²) in [6.45, 7) is 6.34. The van der Waals surface area contributed by atoms with Crippen molar-refractivity contribution in [3.8, 4) is 0 Å². The minimum absolute atomic E-state index is 0.0622. The number of hydrogen-bond donors (Lipinski definition) is 0. The van der Waals surface area contributed by atoms with E-state index in [0.717, 1.165) is 34.5 Å². The lowest BCUT2D eigenvalue weighted by molar-refractivity contribution is -0.137. The Balaban J connectivity index is 2.64. The fourth-order valence-corrected chi connectivity index (χ4v) is 2.72. The van der Waals surface area contributed by atoms with Gasteiger partial charge in [-0.1, -0.05) is 26.8 Å². The van der Waals surface area contributed by atoms with E-state index in [2.05, 4.69) is 25.8 Å². The Morgan fingerprint density at radius 3 is 2.29 bits per heavy atom. The van der Waals surface area contributed by atoms with Crippen molar-refractivity contribution in [3.05, 3.63) is 35.4 Å². The Bertz CT molecular complexity index is 657. The first-order valence-electron chi connectivity index (χ1n) is 6.65. The van der Waals surface area contributed by atoms with Crippen molar-refractivity contribution < 1.29 is 13.2 Å². The van der Waals surface area contributed by atoms with E-state index in [0.29, 0.717) is 5.52 Å². The summed E-state index contributed by atoms with van der Waals surface area (Å²) in [6, 6.07) is 5.79. The van der Waals surface area contributed by atoms with Crippen LogP contribution < -0.4 is 0 Å². The summed E-state index contributed by atoms with van der Waals surface area (Å²) in [5, 5.41) is 1.55. The molecule has 0 radical (unpaired) electrons. The minimum atomic E-state index is -4.34. The van der Waals surface area contributed by atoms with E-state index in [1.54, 1.807) is 0 Å². The fraction of sp³-hybridized carbons (Fsp3) is 0.438. The molecule has 0 saturated carbocycles. The van der Waals surface area contributed by atoms with Crippen LogP contribution in [0.1, 0.15) is 31.9 Å². The number of aromatic nitrogens is 1. The second-order valence-electron chi connectivity index (χ2n) is 6.29. The highest BCUT2D eigenvalue weighted by Gasteiger charge is 2.30. The number of nitrogens with zero attached hydrogens (tertiary/aromatic N) is 1. The van der Waals surface area contributed by atoms with E-state index in [4.69, 9.17) is 0 Å². The molecular weight excluding hydrogens is 295 g/mol. The Kier molecular flexibility index (Phi) is 4.24. The molecule has 0 spiro atoms. The van der Waals surface area contributed by atoms with Crippen molar-refractivity contribution in [2.24, 2.45) is 5.41 Å². The van der Waals surface area contributed by atoms with Gasteiger partial charge in [0, 0.05) is 5.39 Å². The molecule has 0 aliphatic heterocycles. The van der Waals surface area contributed by atoms with Gasteiger partial charge >= 0.3 is 6.18 Å². The van der Waals surface area contributed by atoms with Gasteiger partial charge in [0.15, 0.2) is 0 Å². The normalized spacial score (nSPS) is 12.9. The maximum Gasteiger partial charge on any atom is 0.416 e. The molecule has 1 aromatic heterocycles. The molecule has 1 nitrogen and oxygen atoms in total. The van der Waals surface area contributed by atoms with Crippen LogP contribution in [-0.2, 0) is 12.6 Å². The summed E-state index contributed by atoms with van der Waals surface area (Å²) in [4.78, 5) is 4.32. The van der Waals surface area contributed by atoms with Gasteiger partial charge in [0.05, 0.1) is 16.1 Å². The smallest absolute Gasteiger partial charge is 0.241 e. The third kappa shape index (κ3) is 3.90. The molecular formula is C16H18F3NS. The molecule has 5 heteroatoms. The molecule has 2 aromatic rings. The van der Waals surface area contributed by atoms with Gasteiger partial charge in [-0.15, -0.1) is 11.8 Å². The summed E-state index contributed by atoms with van der Waals surface area (Å²) in [7, 11) is 0. The average Bonchev–Trinajstić information content (AvgIpc) is 2.34. The first kappa shape index (κ1) is 16.1. The Morgan fingerprint density at radius 1 is 1.10 bits per heavy atom. The molecule has 2 rings (SSSR count). The Labute approximate surface area is 127 Å². The summed E-state index contributed by atoms with van der Waals surface area (Å²) in [5.41, 5.74) is 0.871. The molecule has 21 heavy (non-hydrogen) atoms. The molecule has 0 aliphatic carbocycles. The predicted molar refractivity (Wildman–Crippen MR) is 81.7 cm³/mol. The van der Waals surface area contributed by atoms with Gasteiger partial charge in [0.2, 0.25) is 0 Å². The maximum atomic E-state index is 12.8. The number of alkyl halides is 3. The van der Waals surface area contributed by atoms with Crippen LogP contribution in [0.3, 0.4) is 0 Å². The van der Waals surface area contributed by atoms with Crippen molar-refractivity contribution >= 4 is 22.7 Å². The maximum absolute atomic E-state index is 12.8. The van der Waals surface area contributed by atoms with Gasteiger partial charge in [0.1, 0.15) is 0 Å². The molecule has 0 amide bonds. The molecule has 0 N–H and O–H groups in total. The van der Waals surface area contributed by atoms with Crippen LogP contribution in [0.15, 0.2) is 29.3 Å². The standard InChI is InChI=1S/C16H18F3NS/c1-15(2,3)9-10-7-14(21-4)20-13-8-11(16(17,18)19)5-6-12(10)13/h5-8H,9H2,1-4H3. The van der Waals surface area contributed by atoms with Crippen LogP contribution in [0.2, 0.25) is 0 Å². The quantitative estimate of drug-likeness (QED) is 0.673. The molecule has 0 unspecified atom stereocenters. The third-order valence-electron chi connectivity index (χ3n) is 3.13. The highest BCUT2D eigenvalue weighted by atomic mass is 32.2. The number of rotatable bonds is 2. The number of fused-ring (bicyclic) bond motifs is 1. The lowest BCUT2D eigenvalue weighted by Crippen LogP contribution is -2.10. The summed E-state index contributed by atoms with van der Waals surface area (Å²) in [6.07, 6.45) is -1.66. The summed E-state index contributed by atoms with van der Waals surface area (Å²) < 4.78 is 38.5. The molecule has 0 saturated heterocycles. The monoisotopic (exact) mass is 313 g/mol. The van der Waals surface area contributed by atoms with E-state index in [-0.39, 0.29) is 5.41 Å². The van der Waals surface area contributed by atoms with Gasteiger partial charge in [-0.2, -0.15) is 13.2 Å². The number of hydrogen-bond acceptors (Lipinski definition) is 2. The van der Waals surface area contributed by atoms with Crippen LogP contribution in [0.5, 0.6) is 0 Å². The van der Waals surface area contributed by atoms with Crippen molar-refractivity contribution in [2.75, 3.05) is 6.26 Å². The molecule has 0 bridgehead atoms. The lowest BCUT2D eigenvalue weighted by atomic mass is 9.87. The van der Waals surface area contributed by atoms with E-state index in [9.17, 15) is 13.2 Å². The Hall–Kier alpha value is -1.23. The van der Waals surface area contributed by atoms with Gasteiger partial charge in [-0.05, 0) is 41.9 Å². The summed E-state index contributed by atoms with van der Waals surface area (Å²) in [5.74, 6) is 0. The number of thioether (sulfide) groups is 1. The first-order chi connectivity index (χ1) is 9.60. The van der Waals surface area contributed by atoms with E-state index in [1.807, 2.05) is 12.3 Å². The first-order valence-corrected chi connectivity index (χ1v) is 7.87. The fourth-order valence-electron chi connectivity index (χ4n) is 2.27. The number of halogens is 3. The summed E-state index contributed by atoms with van der Waals surface area (Å²) >= 11 is 1.44. The number of pyridine rings is 1. The average molecular weight is 313 g/mol. The zero-order valence-electron chi connectivity index (χ0n) is 12.5. The highest BCUT2D eigenvalue weighted by Crippen LogP contribution is 2.34. The van der Waals surface area contributed by atoms with Crippen molar-refractivity contribution in [3.63, 3.8) is 0 Å². The Morgan fingerprint density at radius 2 is 1.76 bits per heavy atom. The molecule has 1 heterocycles. The number of benzene rings is 1.